The fourth-order valence-electron chi connectivity index (χ4n) is 1.92. The first-order chi connectivity index (χ1) is 8.74. The first kappa shape index (κ1) is 12.8. The second kappa shape index (κ2) is 5.78. The molecule has 1 heterocycles. The SMILES string of the molecule is CCc1ccc(-c2ccc(C(O)CC)cc2)nc1. The van der Waals surface area contributed by atoms with E-state index >= 15 is 0 Å². The average molecular weight is 241 g/mol. The van der Waals surface area contributed by atoms with Gasteiger partial charge in [-0.05, 0) is 30.0 Å². The number of nitrogens with zero attached hydrogens (tertiary/aromatic N) is 1. The average Bonchev–Trinajstić information content (AvgIpc) is 2.47. The molecule has 2 heteroatoms. The molecule has 0 radical (unpaired) electrons. The predicted octanol–water partition coefficient (Wildman–Crippen LogP) is 3.75. The first-order valence-corrected chi connectivity index (χ1v) is 6.48. The Morgan fingerprint density at radius 3 is 2.28 bits per heavy atom. The Balaban J connectivity index is 2.22. The molecule has 2 nitrogen and oxygen atoms in total. The van der Waals surface area contributed by atoms with E-state index in [1.807, 2.05) is 43.5 Å². The minimum absolute atomic E-state index is 0.366. The summed E-state index contributed by atoms with van der Waals surface area (Å²) in [6.07, 6.45) is 3.30. The molecule has 0 fully saturated rings. The molecule has 0 saturated carbocycles. The highest BCUT2D eigenvalue weighted by Gasteiger charge is 2.05. The maximum absolute atomic E-state index is 9.74. The number of pyridine rings is 1. The minimum Gasteiger partial charge on any atom is -0.388 e. The van der Waals surface area contributed by atoms with Crippen molar-refractivity contribution in [3.8, 4) is 11.3 Å². The lowest BCUT2D eigenvalue weighted by Crippen LogP contribution is -1.94. The third-order valence-electron chi connectivity index (χ3n) is 3.21. The van der Waals surface area contributed by atoms with Crippen molar-refractivity contribution in [2.75, 3.05) is 0 Å². The van der Waals surface area contributed by atoms with Crippen LogP contribution in [0.3, 0.4) is 0 Å². The van der Waals surface area contributed by atoms with Gasteiger partial charge in [0.2, 0.25) is 0 Å². The van der Waals surface area contributed by atoms with E-state index in [-0.39, 0.29) is 6.10 Å². The van der Waals surface area contributed by atoms with Crippen LogP contribution in [0.15, 0.2) is 42.6 Å². The molecule has 94 valence electrons. The van der Waals surface area contributed by atoms with Crippen molar-refractivity contribution < 1.29 is 5.11 Å². The Morgan fingerprint density at radius 1 is 1.06 bits per heavy atom. The first-order valence-electron chi connectivity index (χ1n) is 6.48. The van der Waals surface area contributed by atoms with Gasteiger partial charge in [-0.3, -0.25) is 4.98 Å². The van der Waals surface area contributed by atoms with E-state index in [9.17, 15) is 5.11 Å². The molecule has 0 spiro atoms. The summed E-state index contributed by atoms with van der Waals surface area (Å²) in [5.74, 6) is 0. The van der Waals surface area contributed by atoms with Crippen LogP contribution in [0, 0.1) is 0 Å². The molecule has 1 aromatic carbocycles. The third kappa shape index (κ3) is 2.77. The Morgan fingerprint density at radius 2 is 1.78 bits per heavy atom. The van der Waals surface area contributed by atoms with Gasteiger partial charge < -0.3 is 5.11 Å². The van der Waals surface area contributed by atoms with E-state index in [4.69, 9.17) is 0 Å². The van der Waals surface area contributed by atoms with Crippen molar-refractivity contribution in [1.29, 1.82) is 0 Å². The second-order valence-electron chi connectivity index (χ2n) is 4.45. The Bertz CT molecular complexity index is 488. The summed E-state index contributed by atoms with van der Waals surface area (Å²) in [5, 5.41) is 9.74. The van der Waals surface area contributed by atoms with Gasteiger partial charge >= 0.3 is 0 Å². The van der Waals surface area contributed by atoms with Gasteiger partial charge in [0.25, 0.3) is 0 Å². The standard InChI is InChI=1S/C16H19NO/c1-3-12-5-10-15(17-11-12)13-6-8-14(9-7-13)16(18)4-2/h5-11,16,18H,3-4H2,1-2H3. The van der Waals surface area contributed by atoms with Gasteiger partial charge in [0.1, 0.15) is 0 Å². The largest absolute Gasteiger partial charge is 0.388 e. The normalized spacial score (nSPS) is 12.4. The fraction of sp³-hybridized carbons (Fsp3) is 0.312. The van der Waals surface area contributed by atoms with Gasteiger partial charge in [0.05, 0.1) is 11.8 Å². The molecule has 1 N–H and O–H groups in total. The molecule has 0 amide bonds. The monoisotopic (exact) mass is 241 g/mol. The van der Waals surface area contributed by atoms with Gasteiger partial charge in [0, 0.05) is 11.8 Å². The van der Waals surface area contributed by atoms with Crippen LogP contribution in [-0.4, -0.2) is 10.1 Å². The lowest BCUT2D eigenvalue weighted by atomic mass is 10.0. The van der Waals surface area contributed by atoms with E-state index in [0.717, 1.165) is 29.7 Å². The summed E-state index contributed by atoms with van der Waals surface area (Å²) < 4.78 is 0. The van der Waals surface area contributed by atoms with Crippen LogP contribution < -0.4 is 0 Å². The van der Waals surface area contributed by atoms with Crippen LogP contribution >= 0.6 is 0 Å². The number of benzene rings is 1. The van der Waals surface area contributed by atoms with Crippen LogP contribution in [0.2, 0.25) is 0 Å². The van der Waals surface area contributed by atoms with Gasteiger partial charge in [0.15, 0.2) is 0 Å². The van der Waals surface area contributed by atoms with Crippen molar-refractivity contribution in [2.24, 2.45) is 0 Å². The van der Waals surface area contributed by atoms with Crippen molar-refractivity contribution in [3.63, 3.8) is 0 Å². The zero-order valence-corrected chi connectivity index (χ0v) is 10.9. The number of rotatable bonds is 4. The molecule has 18 heavy (non-hydrogen) atoms. The van der Waals surface area contributed by atoms with Crippen molar-refractivity contribution >= 4 is 0 Å². The molecule has 0 aliphatic rings. The fourth-order valence-corrected chi connectivity index (χ4v) is 1.92. The van der Waals surface area contributed by atoms with E-state index in [1.54, 1.807) is 0 Å². The molecule has 0 aliphatic heterocycles. The summed E-state index contributed by atoms with van der Waals surface area (Å²) in [5.41, 5.74) is 4.28. The molecule has 1 unspecified atom stereocenters. The van der Waals surface area contributed by atoms with Gasteiger partial charge in [-0.25, -0.2) is 0 Å². The molecule has 2 aromatic rings. The van der Waals surface area contributed by atoms with Crippen LogP contribution in [0.4, 0.5) is 0 Å². The predicted molar refractivity (Wildman–Crippen MR) is 74.3 cm³/mol. The lowest BCUT2D eigenvalue weighted by molar-refractivity contribution is 0.173. The molecule has 0 bridgehead atoms. The van der Waals surface area contributed by atoms with Gasteiger partial charge in [-0.15, -0.1) is 0 Å². The zero-order chi connectivity index (χ0) is 13.0. The van der Waals surface area contributed by atoms with Crippen LogP contribution in [0.25, 0.3) is 11.3 Å². The molecule has 1 aromatic heterocycles. The number of hydrogen-bond donors (Lipinski definition) is 1. The molecule has 0 aliphatic carbocycles. The van der Waals surface area contributed by atoms with Gasteiger partial charge in [-0.1, -0.05) is 44.2 Å². The smallest absolute Gasteiger partial charge is 0.0787 e. The molecule has 1 atom stereocenters. The van der Waals surface area contributed by atoms with Crippen molar-refractivity contribution in [2.45, 2.75) is 32.8 Å². The lowest BCUT2D eigenvalue weighted by Gasteiger charge is -2.09. The van der Waals surface area contributed by atoms with Crippen LogP contribution in [0.1, 0.15) is 37.5 Å². The molecular weight excluding hydrogens is 222 g/mol. The van der Waals surface area contributed by atoms with Crippen LogP contribution in [0.5, 0.6) is 0 Å². The number of hydrogen-bond acceptors (Lipinski definition) is 2. The highest BCUT2D eigenvalue weighted by molar-refractivity contribution is 5.59. The summed E-state index contributed by atoms with van der Waals surface area (Å²) >= 11 is 0. The highest BCUT2D eigenvalue weighted by atomic mass is 16.3. The highest BCUT2D eigenvalue weighted by Crippen LogP contribution is 2.22. The Kier molecular flexibility index (Phi) is 4.11. The second-order valence-corrected chi connectivity index (χ2v) is 4.45. The van der Waals surface area contributed by atoms with E-state index in [0.29, 0.717) is 0 Å². The topological polar surface area (TPSA) is 33.1 Å². The maximum Gasteiger partial charge on any atom is 0.0787 e. The summed E-state index contributed by atoms with van der Waals surface area (Å²) in [7, 11) is 0. The number of aryl methyl sites for hydroxylation is 1. The third-order valence-corrected chi connectivity index (χ3v) is 3.21. The van der Waals surface area contributed by atoms with E-state index < -0.39 is 0 Å². The molecule has 0 saturated heterocycles. The van der Waals surface area contributed by atoms with Crippen molar-refractivity contribution in [1.82, 2.24) is 4.98 Å². The molecular formula is C16H19NO. The number of aliphatic hydroxyl groups is 1. The molecule has 2 rings (SSSR count). The van der Waals surface area contributed by atoms with Crippen LogP contribution in [-0.2, 0) is 6.42 Å². The van der Waals surface area contributed by atoms with Gasteiger partial charge in [-0.2, -0.15) is 0 Å². The quantitative estimate of drug-likeness (QED) is 0.884. The Labute approximate surface area is 108 Å². The van der Waals surface area contributed by atoms with E-state index in [1.165, 1.54) is 5.56 Å². The van der Waals surface area contributed by atoms with Crippen molar-refractivity contribution in [3.05, 3.63) is 53.7 Å². The zero-order valence-electron chi connectivity index (χ0n) is 10.9. The van der Waals surface area contributed by atoms with E-state index in [2.05, 4.69) is 18.0 Å². The summed E-state index contributed by atoms with van der Waals surface area (Å²) in [4.78, 5) is 4.45. The minimum atomic E-state index is -0.366. The summed E-state index contributed by atoms with van der Waals surface area (Å²) in [6.45, 7) is 4.10. The Hall–Kier alpha value is -1.67. The maximum atomic E-state index is 9.74. The summed E-state index contributed by atoms with van der Waals surface area (Å²) in [6, 6.07) is 12.1. The number of aliphatic hydroxyl groups excluding tert-OH is 1. The number of aromatic nitrogens is 1.